The van der Waals surface area contributed by atoms with Crippen molar-refractivity contribution in [1.82, 2.24) is 4.98 Å². The number of nitrogens with two attached hydrogens (primary N) is 2. The van der Waals surface area contributed by atoms with Gasteiger partial charge in [0.15, 0.2) is 5.78 Å². The van der Waals surface area contributed by atoms with E-state index in [0.29, 0.717) is 24.9 Å². The van der Waals surface area contributed by atoms with Crippen molar-refractivity contribution in [1.29, 1.82) is 0 Å². The molecule has 5 heteroatoms. The number of pyridine rings is 1. The summed E-state index contributed by atoms with van der Waals surface area (Å²) in [6.45, 7) is 0.461. The number of hydrogen-bond donors (Lipinski definition) is 2. The highest BCUT2D eigenvalue weighted by atomic mass is 16.1. The monoisotopic (exact) mass is 234 g/mol. The van der Waals surface area contributed by atoms with Gasteiger partial charge in [-0.1, -0.05) is 0 Å². The third kappa shape index (κ3) is 3.72. The fraction of sp³-hybridized carbons (Fsp3) is 0.417. The van der Waals surface area contributed by atoms with Gasteiger partial charge in [-0.15, -0.1) is 0 Å². The second-order valence-electron chi connectivity index (χ2n) is 3.79. The first-order valence-corrected chi connectivity index (χ1v) is 5.48. The molecule has 0 aliphatic carbocycles. The van der Waals surface area contributed by atoms with Crippen molar-refractivity contribution in [3.63, 3.8) is 0 Å². The smallest absolute Gasteiger partial charge is 0.217 e. The van der Waals surface area contributed by atoms with Gasteiger partial charge in [-0.2, -0.15) is 0 Å². The van der Waals surface area contributed by atoms with E-state index in [1.807, 2.05) is 0 Å². The van der Waals surface area contributed by atoms with Gasteiger partial charge < -0.3 is 11.5 Å². The fourth-order valence-electron chi connectivity index (χ4n) is 1.62. The SMILES string of the molecule is NCCCC(C(=O)c1cccnc1)[C@H](N)[C]=O. The summed E-state index contributed by atoms with van der Waals surface area (Å²) in [4.78, 5) is 26.6. The third-order valence-electron chi connectivity index (χ3n) is 2.57. The summed E-state index contributed by atoms with van der Waals surface area (Å²) >= 11 is 0. The second kappa shape index (κ2) is 6.88. The molecular formula is C12H16N3O2. The van der Waals surface area contributed by atoms with Gasteiger partial charge in [-0.3, -0.25) is 14.6 Å². The Bertz CT molecular complexity index is 367. The molecule has 0 fully saturated rings. The Morgan fingerprint density at radius 2 is 2.29 bits per heavy atom. The molecule has 1 aromatic heterocycles. The summed E-state index contributed by atoms with van der Waals surface area (Å²) in [5, 5.41) is 0. The molecule has 1 radical (unpaired) electrons. The minimum atomic E-state index is -0.908. The molecule has 0 bridgehead atoms. The summed E-state index contributed by atoms with van der Waals surface area (Å²) in [5.74, 6) is -0.748. The quantitative estimate of drug-likeness (QED) is 0.650. The van der Waals surface area contributed by atoms with Crippen molar-refractivity contribution in [3.05, 3.63) is 30.1 Å². The fourth-order valence-corrected chi connectivity index (χ4v) is 1.62. The molecular weight excluding hydrogens is 218 g/mol. The maximum absolute atomic E-state index is 12.1. The van der Waals surface area contributed by atoms with Gasteiger partial charge in [0.1, 0.15) is 0 Å². The van der Waals surface area contributed by atoms with Gasteiger partial charge in [0.05, 0.1) is 6.04 Å². The van der Waals surface area contributed by atoms with Gasteiger partial charge in [0.25, 0.3) is 0 Å². The lowest BCUT2D eigenvalue weighted by Gasteiger charge is -2.17. The van der Waals surface area contributed by atoms with Crippen molar-refractivity contribution in [2.24, 2.45) is 17.4 Å². The summed E-state index contributed by atoms with van der Waals surface area (Å²) in [6.07, 6.45) is 5.85. The standard InChI is InChI=1S/C12H16N3O2/c13-5-1-4-10(11(14)8-16)12(17)9-3-2-6-15-7-9/h2-3,6-7,10-11H,1,4-5,13-14H2/t10?,11-/m1/s1. The minimum absolute atomic E-state index is 0.178. The number of ketones is 1. The molecule has 1 rings (SSSR count). The third-order valence-corrected chi connectivity index (χ3v) is 2.57. The van der Waals surface area contributed by atoms with E-state index >= 15 is 0 Å². The number of aromatic nitrogens is 1. The molecule has 1 unspecified atom stereocenters. The summed E-state index contributed by atoms with van der Waals surface area (Å²) in [6, 6.07) is 2.42. The maximum atomic E-state index is 12.1. The Hall–Kier alpha value is -1.59. The average molecular weight is 234 g/mol. The van der Waals surface area contributed by atoms with Crippen molar-refractivity contribution >= 4 is 12.1 Å². The van der Waals surface area contributed by atoms with Crippen molar-refractivity contribution in [2.75, 3.05) is 6.54 Å². The highest BCUT2D eigenvalue weighted by Gasteiger charge is 2.26. The van der Waals surface area contributed by atoms with E-state index in [1.165, 1.54) is 6.20 Å². The molecule has 0 aliphatic heterocycles. The zero-order valence-corrected chi connectivity index (χ0v) is 9.50. The number of rotatable bonds is 7. The zero-order chi connectivity index (χ0) is 12.7. The van der Waals surface area contributed by atoms with Crippen LogP contribution in [-0.2, 0) is 4.79 Å². The van der Waals surface area contributed by atoms with Crippen LogP contribution in [0.15, 0.2) is 24.5 Å². The first-order valence-electron chi connectivity index (χ1n) is 5.48. The average Bonchev–Trinajstić information content (AvgIpc) is 2.39. The summed E-state index contributed by atoms with van der Waals surface area (Å²) in [5.41, 5.74) is 11.4. The summed E-state index contributed by atoms with van der Waals surface area (Å²) < 4.78 is 0. The molecule has 1 aromatic rings. The van der Waals surface area contributed by atoms with Crippen LogP contribution in [0.25, 0.3) is 0 Å². The molecule has 2 atom stereocenters. The van der Waals surface area contributed by atoms with Crippen LogP contribution in [0.4, 0.5) is 0 Å². The van der Waals surface area contributed by atoms with E-state index in [-0.39, 0.29) is 5.78 Å². The second-order valence-corrected chi connectivity index (χ2v) is 3.79. The van der Waals surface area contributed by atoms with Crippen LogP contribution in [0.2, 0.25) is 0 Å². The van der Waals surface area contributed by atoms with E-state index < -0.39 is 12.0 Å². The molecule has 0 saturated heterocycles. The number of carbonyl (C=O) groups excluding carboxylic acids is 2. The minimum Gasteiger partial charge on any atom is -0.330 e. The first kappa shape index (κ1) is 13.5. The number of hydrogen-bond acceptors (Lipinski definition) is 5. The lowest BCUT2D eigenvalue weighted by Crippen LogP contribution is -2.37. The lowest BCUT2D eigenvalue weighted by atomic mass is 9.88. The van der Waals surface area contributed by atoms with E-state index in [4.69, 9.17) is 11.5 Å². The molecule has 91 valence electrons. The highest BCUT2D eigenvalue weighted by molar-refractivity contribution is 5.99. The Kier molecular flexibility index (Phi) is 5.45. The molecule has 0 aromatic carbocycles. The molecule has 1 heterocycles. The first-order chi connectivity index (χ1) is 8.20. The highest BCUT2D eigenvalue weighted by Crippen LogP contribution is 2.15. The van der Waals surface area contributed by atoms with E-state index in [9.17, 15) is 9.59 Å². The normalized spacial score (nSPS) is 14.0. The van der Waals surface area contributed by atoms with Crippen LogP contribution in [0, 0.1) is 5.92 Å². The van der Waals surface area contributed by atoms with Gasteiger partial charge in [0, 0.05) is 23.9 Å². The van der Waals surface area contributed by atoms with E-state index in [0.717, 1.165) is 0 Å². The summed E-state index contributed by atoms with van der Waals surface area (Å²) in [7, 11) is 0. The van der Waals surface area contributed by atoms with E-state index in [2.05, 4.69) is 4.98 Å². The van der Waals surface area contributed by atoms with Gasteiger partial charge in [-0.05, 0) is 31.5 Å². The molecule has 17 heavy (non-hydrogen) atoms. The maximum Gasteiger partial charge on any atom is 0.217 e. The van der Waals surface area contributed by atoms with Crippen LogP contribution in [0.5, 0.6) is 0 Å². The topological polar surface area (TPSA) is 99.1 Å². The molecule has 0 aliphatic rings. The van der Waals surface area contributed by atoms with Crippen LogP contribution >= 0.6 is 0 Å². The van der Waals surface area contributed by atoms with Crippen LogP contribution in [0.1, 0.15) is 23.2 Å². The number of Topliss-reactive ketones (excluding diaryl/α,β-unsaturated/α-hetero) is 1. The van der Waals surface area contributed by atoms with Crippen LogP contribution in [0.3, 0.4) is 0 Å². The Morgan fingerprint density at radius 1 is 1.53 bits per heavy atom. The van der Waals surface area contributed by atoms with Crippen molar-refractivity contribution in [2.45, 2.75) is 18.9 Å². The van der Waals surface area contributed by atoms with Crippen molar-refractivity contribution in [3.8, 4) is 0 Å². The number of nitrogens with zero attached hydrogens (tertiary/aromatic N) is 1. The lowest BCUT2D eigenvalue weighted by molar-refractivity contribution is 0.0905. The predicted molar refractivity (Wildman–Crippen MR) is 64.0 cm³/mol. The van der Waals surface area contributed by atoms with E-state index in [1.54, 1.807) is 24.6 Å². The Morgan fingerprint density at radius 3 is 2.82 bits per heavy atom. The Balaban J connectivity index is 2.82. The molecule has 0 saturated carbocycles. The molecule has 0 spiro atoms. The van der Waals surface area contributed by atoms with Gasteiger partial charge >= 0.3 is 0 Å². The van der Waals surface area contributed by atoms with Gasteiger partial charge in [0.2, 0.25) is 6.29 Å². The van der Waals surface area contributed by atoms with Crippen LogP contribution < -0.4 is 11.5 Å². The molecule has 4 N–H and O–H groups in total. The molecule has 5 nitrogen and oxygen atoms in total. The van der Waals surface area contributed by atoms with Crippen molar-refractivity contribution < 1.29 is 9.59 Å². The van der Waals surface area contributed by atoms with Crippen LogP contribution in [-0.4, -0.2) is 29.6 Å². The number of carbonyl (C=O) groups is 1. The predicted octanol–water partition coefficient (Wildman–Crippen LogP) is 0.0564. The zero-order valence-electron chi connectivity index (χ0n) is 9.50. The molecule has 0 amide bonds. The largest absolute Gasteiger partial charge is 0.330 e. The van der Waals surface area contributed by atoms with Gasteiger partial charge in [-0.25, -0.2) is 0 Å². The Labute approximate surface area is 100 Å².